The zero-order valence-electron chi connectivity index (χ0n) is 16.5. The smallest absolute Gasteiger partial charge is 0.242 e. The zero-order chi connectivity index (χ0) is 20.2. The van der Waals surface area contributed by atoms with Crippen molar-refractivity contribution >= 4 is 23.4 Å². The number of carbonyl (C=O) groups is 1. The molecule has 0 saturated heterocycles. The van der Waals surface area contributed by atoms with Crippen LogP contribution in [-0.4, -0.2) is 27.3 Å². The molecule has 4 rings (SSSR count). The number of rotatable bonds is 8. The van der Waals surface area contributed by atoms with Crippen LogP contribution in [0.3, 0.4) is 0 Å². The van der Waals surface area contributed by atoms with E-state index in [-0.39, 0.29) is 5.91 Å². The maximum absolute atomic E-state index is 13.3. The fourth-order valence-electron chi connectivity index (χ4n) is 3.18. The molecule has 1 unspecified atom stereocenters. The Bertz CT molecular complexity index is 985. The van der Waals surface area contributed by atoms with Crippen LogP contribution in [0.5, 0.6) is 5.75 Å². The average Bonchev–Trinajstić information content (AvgIpc) is 3.52. The Kier molecular flexibility index (Phi) is 5.85. The minimum absolute atomic E-state index is 0.121. The minimum Gasteiger partial charge on any atom is -0.492 e. The van der Waals surface area contributed by atoms with Gasteiger partial charge in [-0.15, -0.1) is 10.2 Å². The number of hydrogen-bond donors (Lipinski definition) is 1. The highest BCUT2D eigenvalue weighted by Crippen LogP contribution is 2.41. The quantitative estimate of drug-likeness (QED) is 0.553. The van der Waals surface area contributed by atoms with Crippen molar-refractivity contribution in [3.8, 4) is 5.75 Å². The van der Waals surface area contributed by atoms with Gasteiger partial charge in [0.25, 0.3) is 0 Å². The summed E-state index contributed by atoms with van der Waals surface area (Å²) >= 11 is 1.42. The van der Waals surface area contributed by atoms with Crippen molar-refractivity contribution in [2.75, 3.05) is 11.9 Å². The largest absolute Gasteiger partial charge is 0.492 e. The summed E-state index contributed by atoms with van der Waals surface area (Å²) in [5.74, 6) is 2.05. The Morgan fingerprint density at radius 1 is 1.17 bits per heavy atom. The van der Waals surface area contributed by atoms with Crippen LogP contribution in [0.25, 0.3) is 0 Å². The molecule has 2 aromatic carbocycles. The fraction of sp³-hybridized carbons (Fsp3) is 0.318. The molecule has 6 nitrogen and oxygen atoms in total. The van der Waals surface area contributed by atoms with Crippen LogP contribution in [-0.2, 0) is 11.8 Å². The second-order valence-corrected chi connectivity index (χ2v) is 8.07. The highest BCUT2D eigenvalue weighted by atomic mass is 32.2. The number of benzene rings is 2. The van der Waals surface area contributed by atoms with Gasteiger partial charge in [-0.05, 0) is 37.5 Å². The number of nitrogens with zero attached hydrogens (tertiary/aromatic N) is 3. The van der Waals surface area contributed by atoms with Gasteiger partial charge in [0.15, 0.2) is 5.16 Å². The topological polar surface area (TPSA) is 69.0 Å². The molecule has 1 aliphatic rings. The first kappa shape index (κ1) is 19.5. The van der Waals surface area contributed by atoms with Crippen LogP contribution in [0.2, 0.25) is 0 Å². The molecule has 1 atom stereocenters. The van der Waals surface area contributed by atoms with E-state index >= 15 is 0 Å². The number of anilines is 1. The lowest BCUT2D eigenvalue weighted by molar-refractivity contribution is -0.115. The van der Waals surface area contributed by atoms with Crippen molar-refractivity contribution in [3.63, 3.8) is 0 Å². The first-order chi connectivity index (χ1) is 14.2. The van der Waals surface area contributed by atoms with Crippen molar-refractivity contribution in [1.82, 2.24) is 14.8 Å². The molecule has 1 aromatic heterocycles. The van der Waals surface area contributed by atoms with Gasteiger partial charge in [0.05, 0.1) is 12.3 Å². The summed E-state index contributed by atoms with van der Waals surface area (Å²) < 4.78 is 7.66. The van der Waals surface area contributed by atoms with E-state index in [1.165, 1.54) is 11.8 Å². The van der Waals surface area contributed by atoms with Crippen molar-refractivity contribution in [3.05, 3.63) is 66.0 Å². The lowest BCUT2D eigenvalue weighted by Crippen LogP contribution is -2.20. The third-order valence-corrected chi connectivity index (χ3v) is 6.11. The van der Waals surface area contributed by atoms with E-state index in [1.54, 1.807) is 0 Å². The Hall–Kier alpha value is -2.80. The molecule has 1 aliphatic carbocycles. The number of ether oxygens (including phenoxy) is 1. The van der Waals surface area contributed by atoms with Crippen LogP contribution in [0.15, 0.2) is 59.8 Å². The molecule has 1 amide bonds. The van der Waals surface area contributed by atoms with Gasteiger partial charge in [0.1, 0.15) is 16.8 Å². The Morgan fingerprint density at radius 2 is 1.90 bits per heavy atom. The first-order valence-electron chi connectivity index (χ1n) is 9.81. The van der Waals surface area contributed by atoms with Gasteiger partial charge < -0.3 is 14.6 Å². The van der Waals surface area contributed by atoms with Gasteiger partial charge >= 0.3 is 0 Å². The van der Waals surface area contributed by atoms with Crippen LogP contribution in [0, 0.1) is 0 Å². The standard InChI is InChI=1S/C22H24N4O2S/c1-3-28-18-12-8-7-11-17(18)23-21(27)19(15-9-5-4-6-10-15)29-22-25-24-20(26(22)2)16-13-14-16/h4-12,16,19H,3,13-14H2,1-2H3,(H,23,27). The molecule has 0 bridgehead atoms. The monoisotopic (exact) mass is 408 g/mol. The summed E-state index contributed by atoms with van der Waals surface area (Å²) in [6, 6.07) is 17.2. The molecule has 3 aromatic rings. The zero-order valence-corrected chi connectivity index (χ0v) is 17.4. The van der Waals surface area contributed by atoms with Gasteiger partial charge in [0.2, 0.25) is 5.91 Å². The van der Waals surface area contributed by atoms with Gasteiger partial charge in [-0.1, -0.05) is 54.2 Å². The predicted octanol–water partition coefficient (Wildman–Crippen LogP) is 4.56. The first-order valence-corrected chi connectivity index (χ1v) is 10.7. The van der Waals surface area contributed by atoms with Gasteiger partial charge in [0, 0.05) is 13.0 Å². The molecule has 29 heavy (non-hydrogen) atoms. The number of thioether (sulfide) groups is 1. The van der Waals surface area contributed by atoms with Crippen molar-refractivity contribution in [1.29, 1.82) is 0 Å². The maximum atomic E-state index is 13.3. The number of carbonyl (C=O) groups excluding carboxylic acids is 1. The van der Waals surface area contributed by atoms with Crippen LogP contribution < -0.4 is 10.1 Å². The summed E-state index contributed by atoms with van der Waals surface area (Å²) in [6.45, 7) is 2.46. The van der Waals surface area contributed by atoms with Gasteiger partial charge in [-0.3, -0.25) is 4.79 Å². The van der Waals surface area contributed by atoms with E-state index in [2.05, 4.69) is 15.5 Å². The summed E-state index contributed by atoms with van der Waals surface area (Å²) in [6.07, 6.45) is 2.32. The Morgan fingerprint density at radius 3 is 2.62 bits per heavy atom. The highest BCUT2D eigenvalue weighted by Gasteiger charge is 2.31. The van der Waals surface area contributed by atoms with E-state index in [1.807, 2.05) is 73.1 Å². The molecular formula is C22H24N4O2S. The summed E-state index contributed by atoms with van der Waals surface area (Å²) in [5, 5.41) is 12.0. The van der Waals surface area contributed by atoms with E-state index < -0.39 is 5.25 Å². The molecule has 0 spiro atoms. The number of aromatic nitrogens is 3. The predicted molar refractivity (Wildman–Crippen MR) is 114 cm³/mol. The lowest BCUT2D eigenvalue weighted by atomic mass is 10.1. The Labute approximate surface area is 174 Å². The number of nitrogens with one attached hydrogen (secondary N) is 1. The highest BCUT2D eigenvalue weighted by molar-refractivity contribution is 8.00. The van der Waals surface area contributed by atoms with Crippen LogP contribution in [0.4, 0.5) is 5.69 Å². The lowest BCUT2D eigenvalue weighted by Gasteiger charge is -2.18. The average molecular weight is 409 g/mol. The molecule has 0 aliphatic heterocycles. The third-order valence-electron chi connectivity index (χ3n) is 4.82. The molecule has 1 heterocycles. The SMILES string of the molecule is CCOc1ccccc1NC(=O)C(Sc1nnc(C2CC2)n1C)c1ccccc1. The van der Waals surface area contributed by atoms with E-state index in [9.17, 15) is 4.79 Å². The number of hydrogen-bond acceptors (Lipinski definition) is 5. The van der Waals surface area contributed by atoms with E-state index in [4.69, 9.17) is 4.74 Å². The minimum atomic E-state index is -0.458. The van der Waals surface area contributed by atoms with Crippen LogP contribution in [0.1, 0.15) is 42.3 Å². The number of amides is 1. The summed E-state index contributed by atoms with van der Waals surface area (Å²) in [7, 11) is 1.97. The molecule has 7 heteroatoms. The third kappa shape index (κ3) is 4.45. The molecule has 0 radical (unpaired) electrons. The van der Waals surface area contributed by atoms with Crippen molar-refractivity contribution < 1.29 is 9.53 Å². The van der Waals surface area contributed by atoms with Crippen LogP contribution >= 0.6 is 11.8 Å². The van der Waals surface area contributed by atoms with E-state index in [0.29, 0.717) is 24.0 Å². The van der Waals surface area contributed by atoms with Crippen molar-refractivity contribution in [2.24, 2.45) is 7.05 Å². The molecule has 1 saturated carbocycles. The maximum Gasteiger partial charge on any atom is 0.242 e. The number of para-hydroxylation sites is 2. The Balaban J connectivity index is 1.60. The fourth-order valence-corrected chi connectivity index (χ4v) is 4.19. The molecule has 1 fully saturated rings. The van der Waals surface area contributed by atoms with E-state index in [0.717, 1.165) is 29.4 Å². The molecular weight excluding hydrogens is 384 g/mol. The second-order valence-electron chi connectivity index (χ2n) is 7.00. The van der Waals surface area contributed by atoms with Gasteiger partial charge in [-0.25, -0.2) is 0 Å². The summed E-state index contributed by atoms with van der Waals surface area (Å²) in [4.78, 5) is 13.3. The van der Waals surface area contributed by atoms with Gasteiger partial charge in [-0.2, -0.15) is 0 Å². The van der Waals surface area contributed by atoms with Crippen molar-refractivity contribution in [2.45, 2.75) is 36.1 Å². The molecule has 150 valence electrons. The molecule has 1 N–H and O–H groups in total. The second kappa shape index (κ2) is 8.69. The summed E-state index contributed by atoms with van der Waals surface area (Å²) in [5.41, 5.74) is 1.58. The normalized spacial score (nSPS) is 14.4.